The molecule has 3 rings (SSSR count). The van der Waals surface area contributed by atoms with E-state index < -0.39 is 0 Å². The quantitative estimate of drug-likeness (QED) is 0.680. The highest BCUT2D eigenvalue weighted by atomic mass is 79.9. The predicted octanol–water partition coefficient (Wildman–Crippen LogP) is 5.10. The molecule has 122 valence electrons. The second kappa shape index (κ2) is 7.05. The average Bonchev–Trinajstić information content (AvgIpc) is 2.57. The smallest absolute Gasteiger partial charge is 0.228 e. The van der Waals surface area contributed by atoms with Crippen LogP contribution >= 0.6 is 15.9 Å². The van der Waals surface area contributed by atoms with Crippen molar-refractivity contribution in [2.75, 3.05) is 12.4 Å². The fraction of sp³-hybridized carbons (Fsp3) is 0.150. The second-order valence-corrected chi connectivity index (χ2v) is 6.57. The molecule has 4 heteroatoms. The summed E-state index contributed by atoms with van der Waals surface area (Å²) in [5, 5.41) is 5.08. The molecule has 0 saturated heterocycles. The lowest BCUT2D eigenvalue weighted by molar-refractivity contribution is -0.115. The van der Waals surface area contributed by atoms with Crippen molar-refractivity contribution in [1.82, 2.24) is 0 Å². The zero-order valence-corrected chi connectivity index (χ0v) is 15.2. The Morgan fingerprint density at radius 3 is 2.67 bits per heavy atom. The number of amides is 1. The van der Waals surface area contributed by atoms with Crippen molar-refractivity contribution in [2.45, 2.75) is 13.3 Å². The van der Waals surface area contributed by atoms with Crippen molar-refractivity contribution in [3.63, 3.8) is 0 Å². The number of nitrogens with one attached hydrogen (secondary N) is 1. The number of benzene rings is 3. The number of para-hydroxylation sites is 1. The van der Waals surface area contributed by atoms with Gasteiger partial charge in [0, 0.05) is 15.7 Å². The van der Waals surface area contributed by atoms with Crippen molar-refractivity contribution in [3.8, 4) is 5.75 Å². The van der Waals surface area contributed by atoms with Gasteiger partial charge in [-0.1, -0.05) is 46.3 Å². The van der Waals surface area contributed by atoms with E-state index in [4.69, 9.17) is 4.74 Å². The first-order valence-electron chi connectivity index (χ1n) is 7.69. The zero-order chi connectivity index (χ0) is 17.1. The van der Waals surface area contributed by atoms with Crippen LogP contribution in [0.5, 0.6) is 5.75 Å². The molecule has 24 heavy (non-hydrogen) atoms. The number of carbonyl (C=O) groups excluding carboxylic acids is 1. The van der Waals surface area contributed by atoms with E-state index in [9.17, 15) is 4.79 Å². The van der Waals surface area contributed by atoms with Crippen LogP contribution in [0.25, 0.3) is 10.8 Å². The van der Waals surface area contributed by atoms with Crippen LogP contribution in [0, 0.1) is 6.92 Å². The van der Waals surface area contributed by atoms with Gasteiger partial charge in [0.15, 0.2) is 0 Å². The van der Waals surface area contributed by atoms with E-state index in [1.165, 1.54) is 0 Å². The van der Waals surface area contributed by atoms with E-state index in [2.05, 4.69) is 21.2 Å². The van der Waals surface area contributed by atoms with Gasteiger partial charge in [0.1, 0.15) is 5.75 Å². The van der Waals surface area contributed by atoms with E-state index in [0.29, 0.717) is 0 Å². The van der Waals surface area contributed by atoms with E-state index in [0.717, 1.165) is 37.8 Å². The van der Waals surface area contributed by atoms with Crippen molar-refractivity contribution in [2.24, 2.45) is 0 Å². The molecule has 0 atom stereocenters. The van der Waals surface area contributed by atoms with Crippen molar-refractivity contribution in [1.29, 1.82) is 0 Å². The number of fused-ring (bicyclic) bond motifs is 1. The van der Waals surface area contributed by atoms with Crippen LogP contribution in [0.15, 0.2) is 59.1 Å². The number of anilines is 1. The summed E-state index contributed by atoms with van der Waals surface area (Å²) in [6.45, 7) is 1.98. The number of halogens is 1. The Morgan fingerprint density at radius 2 is 1.92 bits per heavy atom. The summed E-state index contributed by atoms with van der Waals surface area (Å²) in [6, 6.07) is 17.7. The maximum Gasteiger partial charge on any atom is 0.228 e. The first-order chi connectivity index (χ1) is 11.6. The van der Waals surface area contributed by atoms with Crippen molar-refractivity contribution in [3.05, 3.63) is 70.2 Å². The van der Waals surface area contributed by atoms with Gasteiger partial charge < -0.3 is 10.1 Å². The third-order valence-corrected chi connectivity index (χ3v) is 4.52. The van der Waals surface area contributed by atoms with Crippen LogP contribution in [0.3, 0.4) is 0 Å². The Kier molecular flexibility index (Phi) is 4.86. The Morgan fingerprint density at radius 1 is 1.12 bits per heavy atom. The Balaban J connectivity index is 1.93. The summed E-state index contributed by atoms with van der Waals surface area (Å²) in [4.78, 5) is 12.5. The fourth-order valence-electron chi connectivity index (χ4n) is 2.79. The third-order valence-electron chi connectivity index (χ3n) is 4.03. The van der Waals surface area contributed by atoms with Crippen molar-refractivity contribution < 1.29 is 9.53 Å². The van der Waals surface area contributed by atoms with Gasteiger partial charge in [0.05, 0.1) is 13.5 Å². The molecule has 3 nitrogen and oxygen atoms in total. The molecule has 3 aromatic rings. The molecule has 0 aliphatic rings. The minimum absolute atomic E-state index is 0.0574. The van der Waals surface area contributed by atoms with Gasteiger partial charge in [-0.2, -0.15) is 0 Å². The first kappa shape index (κ1) is 16.5. The highest BCUT2D eigenvalue weighted by molar-refractivity contribution is 9.10. The fourth-order valence-corrected chi connectivity index (χ4v) is 3.17. The molecule has 0 heterocycles. The lowest BCUT2D eigenvalue weighted by atomic mass is 10.0. The molecule has 0 fully saturated rings. The van der Waals surface area contributed by atoms with E-state index >= 15 is 0 Å². The summed E-state index contributed by atoms with van der Waals surface area (Å²) in [5.41, 5.74) is 2.78. The van der Waals surface area contributed by atoms with E-state index in [1.807, 2.05) is 61.5 Å². The Hall–Kier alpha value is -2.33. The van der Waals surface area contributed by atoms with Gasteiger partial charge in [0.2, 0.25) is 5.91 Å². The molecular formula is C20H18BrNO2. The van der Waals surface area contributed by atoms with Crippen molar-refractivity contribution >= 4 is 38.3 Å². The molecule has 0 spiro atoms. The lowest BCUT2D eigenvalue weighted by Gasteiger charge is -2.13. The van der Waals surface area contributed by atoms with Crippen LogP contribution in [-0.4, -0.2) is 13.0 Å². The number of methoxy groups -OCH3 is 1. The minimum Gasteiger partial charge on any atom is -0.496 e. The van der Waals surface area contributed by atoms with Gasteiger partial charge in [-0.3, -0.25) is 4.79 Å². The molecule has 0 unspecified atom stereocenters. The number of carbonyl (C=O) groups is 1. The Bertz CT molecular complexity index is 905. The standard InChI is InChI=1S/C20H18BrNO2/c1-13-5-3-4-6-18(13)22-20(23)12-17-16-9-8-15(21)11-14(16)7-10-19(17)24-2/h3-11H,12H2,1-2H3,(H,22,23). The van der Waals surface area contributed by atoms with Gasteiger partial charge in [-0.25, -0.2) is 0 Å². The molecule has 1 N–H and O–H groups in total. The number of aryl methyl sites for hydroxylation is 1. The summed E-state index contributed by atoms with van der Waals surface area (Å²) in [7, 11) is 1.63. The molecular weight excluding hydrogens is 366 g/mol. The van der Waals surface area contributed by atoms with Crippen LogP contribution in [0.1, 0.15) is 11.1 Å². The maximum atomic E-state index is 12.5. The molecule has 0 aliphatic heterocycles. The number of hydrogen-bond acceptors (Lipinski definition) is 2. The molecule has 0 saturated carbocycles. The number of hydrogen-bond donors (Lipinski definition) is 1. The summed E-state index contributed by atoms with van der Waals surface area (Å²) < 4.78 is 6.48. The maximum absolute atomic E-state index is 12.5. The minimum atomic E-state index is -0.0574. The zero-order valence-electron chi connectivity index (χ0n) is 13.6. The summed E-state index contributed by atoms with van der Waals surface area (Å²) in [6.07, 6.45) is 0.260. The van der Waals surface area contributed by atoms with Gasteiger partial charge in [-0.05, 0) is 47.5 Å². The van der Waals surface area contributed by atoms with Crippen LogP contribution in [0.4, 0.5) is 5.69 Å². The second-order valence-electron chi connectivity index (χ2n) is 5.65. The highest BCUT2D eigenvalue weighted by Crippen LogP contribution is 2.30. The molecule has 0 aliphatic carbocycles. The number of ether oxygens (including phenoxy) is 1. The van der Waals surface area contributed by atoms with Crippen LogP contribution in [-0.2, 0) is 11.2 Å². The normalized spacial score (nSPS) is 10.6. The summed E-state index contributed by atoms with van der Waals surface area (Å²) in [5.74, 6) is 0.669. The van der Waals surface area contributed by atoms with E-state index in [-0.39, 0.29) is 12.3 Å². The Labute approximate surface area is 149 Å². The van der Waals surface area contributed by atoms with Gasteiger partial charge >= 0.3 is 0 Å². The average molecular weight is 384 g/mol. The molecule has 0 radical (unpaired) electrons. The van der Waals surface area contributed by atoms with Gasteiger partial charge in [0.25, 0.3) is 0 Å². The largest absolute Gasteiger partial charge is 0.496 e. The first-order valence-corrected chi connectivity index (χ1v) is 8.48. The summed E-state index contributed by atoms with van der Waals surface area (Å²) >= 11 is 3.49. The number of rotatable bonds is 4. The molecule has 0 bridgehead atoms. The SMILES string of the molecule is COc1ccc2cc(Br)ccc2c1CC(=O)Nc1ccccc1C. The highest BCUT2D eigenvalue weighted by Gasteiger charge is 2.13. The van der Waals surface area contributed by atoms with E-state index in [1.54, 1.807) is 7.11 Å². The predicted molar refractivity (Wildman–Crippen MR) is 102 cm³/mol. The monoisotopic (exact) mass is 383 g/mol. The van der Waals surface area contributed by atoms with Crippen LogP contribution < -0.4 is 10.1 Å². The topological polar surface area (TPSA) is 38.3 Å². The third kappa shape index (κ3) is 3.44. The van der Waals surface area contributed by atoms with Crippen LogP contribution in [0.2, 0.25) is 0 Å². The lowest BCUT2D eigenvalue weighted by Crippen LogP contribution is -2.15. The molecule has 3 aromatic carbocycles. The molecule has 1 amide bonds. The van der Waals surface area contributed by atoms with Gasteiger partial charge in [-0.15, -0.1) is 0 Å². The molecule has 0 aromatic heterocycles.